The van der Waals surface area contributed by atoms with E-state index in [9.17, 15) is 9.59 Å². The van der Waals surface area contributed by atoms with Crippen LogP contribution in [0.25, 0.3) is 0 Å². The molecule has 0 bridgehead atoms. The summed E-state index contributed by atoms with van der Waals surface area (Å²) in [5.74, 6) is 0.438. The van der Waals surface area contributed by atoms with Gasteiger partial charge < -0.3 is 5.32 Å². The number of thioether (sulfide) groups is 1. The molecule has 0 fully saturated rings. The second-order valence-electron chi connectivity index (χ2n) is 3.92. The maximum Gasteiger partial charge on any atom is 0.216 e. The van der Waals surface area contributed by atoms with Gasteiger partial charge in [-0.2, -0.15) is 0 Å². The first-order valence-electron chi connectivity index (χ1n) is 5.90. The number of nitrogens with one attached hydrogen (secondary N) is 1. The smallest absolute Gasteiger partial charge is 0.216 e. The van der Waals surface area contributed by atoms with Crippen molar-refractivity contribution in [3.63, 3.8) is 0 Å². The topological polar surface area (TPSA) is 72.0 Å². The molecule has 8 heteroatoms. The van der Waals surface area contributed by atoms with E-state index in [1.165, 1.54) is 41.4 Å². The summed E-state index contributed by atoms with van der Waals surface area (Å²) in [6.45, 7) is 2.09. The van der Waals surface area contributed by atoms with Gasteiger partial charge in [-0.25, -0.2) is 0 Å². The van der Waals surface area contributed by atoms with E-state index < -0.39 is 0 Å². The van der Waals surface area contributed by atoms with E-state index in [0.717, 1.165) is 20.5 Å². The molecular weight excluding hydrogens is 314 g/mol. The van der Waals surface area contributed by atoms with Crippen molar-refractivity contribution >= 4 is 46.1 Å². The van der Waals surface area contributed by atoms with Gasteiger partial charge in [-0.05, 0) is 18.6 Å². The predicted molar refractivity (Wildman–Crippen MR) is 81.7 cm³/mol. The number of thiophene rings is 1. The Morgan fingerprint density at radius 2 is 2.25 bits per heavy atom. The molecule has 0 radical (unpaired) electrons. The monoisotopic (exact) mass is 327 g/mol. The van der Waals surface area contributed by atoms with Gasteiger partial charge in [0.15, 0.2) is 10.1 Å². The van der Waals surface area contributed by atoms with E-state index in [4.69, 9.17) is 0 Å². The Hall–Kier alpha value is -1.25. The van der Waals surface area contributed by atoms with Gasteiger partial charge in [0.2, 0.25) is 5.91 Å². The lowest BCUT2D eigenvalue weighted by Gasteiger charge is -1.99. The van der Waals surface area contributed by atoms with Gasteiger partial charge in [-0.1, -0.05) is 23.1 Å². The molecule has 0 saturated carbocycles. The molecule has 0 aromatic carbocycles. The highest BCUT2D eigenvalue weighted by atomic mass is 32.2. The normalized spacial score (nSPS) is 10.4. The first kappa shape index (κ1) is 15.1. The van der Waals surface area contributed by atoms with Gasteiger partial charge in [-0.3, -0.25) is 9.59 Å². The fraction of sp³-hybridized carbons (Fsp3) is 0.333. The number of aromatic nitrogens is 2. The van der Waals surface area contributed by atoms with Crippen LogP contribution in [0.2, 0.25) is 0 Å². The van der Waals surface area contributed by atoms with Gasteiger partial charge in [0.05, 0.1) is 10.6 Å². The first-order chi connectivity index (χ1) is 9.65. The number of amides is 1. The summed E-state index contributed by atoms with van der Waals surface area (Å²) in [7, 11) is 0. The van der Waals surface area contributed by atoms with E-state index >= 15 is 0 Å². The quantitative estimate of drug-likeness (QED) is 0.624. The standard InChI is InChI=1S/C12H13N3O2S3/c1-8(16)13-5-4-9-2-3-11(20-9)10(17)6-18-12-15-14-7-19-12/h2-3,7H,4-6H2,1H3,(H,13,16). The predicted octanol–water partition coefficient (Wildman–Crippen LogP) is 2.25. The summed E-state index contributed by atoms with van der Waals surface area (Å²) < 4.78 is 0.806. The summed E-state index contributed by atoms with van der Waals surface area (Å²) >= 11 is 4.32. The van der Waals surface area contributed by atoms with Crippen molar-refractivity contribution in [2.75, 3.05) is 12.3 Å². The molecule has 1 N–H and O–H groups in total. The minimum atomic E-state index is -0.0358. The summed E-state index contributed by atoms with van der Waals surface area (Å²) in [6, 6.07) is 3.78. The Morgan fingerprint density at radius 3 is 2.95 bits per heavy atom. The number of Topliss-reactive ketones (excluding diaryl/α,β-unsaturated/α-hetero) is 1. The summed E-state index contributed by atoms with van der Waals surface area (Å²) in [6.07, 6.45) is 0.751. The third-order valence-electron chi connectivity index (χ3n) is 2.35. The zero-order valence-corrected chi connectivity index (χ0v) is 13.2. The zero-order valence-electron chi connectivity index (χ0n) is 10.8. The molecule has 2 rings (SSSR count). The molecular formula is C12H13N3O2S3. The first-order valence-corrected chi connectivity index (χ1v) is 8.58. The number of nitrogens with zero attached hydrogens (tertiary/aromatic N) is 2. The molecule has 0 aliphatic rings. The van der Waals surface area contributed by atoms with Crippen molar-refractivity contribution in [3.8, 4) is 0 Å². The van der Waals surface area contributed by atoms with Crippen LogP contribution in [0.15, 0.2) is 22.0 Å². The largest absolute Gasteiger partial charge is 0.356 e. The van der Waals surface area contributed by atoms with E-state index in [1.807, 2.05) is 12.1 Å². The highest BCUT2D eigenvalue weighted by molar-refractivity contribution is 8.01. The van der Waals surface area contributed by atoms with Crippen LogP contribution < -0.4 is 5.32 Å². The maximum absolute atomic E-state index is 12.0. The number of carbonyl (C=O) groups is 2. The fourth-order valence-corrected chi connectivity index (χ4v) is 3.86. The summed E-state index contributed by atoms with van der Waals surface area (Å²) in [5, 5.41) is 10.4. The molecule has 106 valence electrons. The Kier molecular flexibility index (Phi) is 5.69. The molecule has 0 spiro atoms. The molecule has 2 aromatic heterocycles. The van der Waals surface area contributed by atoms with E-state index in [-0.39, 0.29) is 11.7 Å². The average Bonchev–Trinajstić information content (AvgIpc) is 3.06. The zero-order chi connectivity index (χ0) is 14.4. The van der Waals surface area contributed by atoms with Crippen LogP contribution in [0.4, 0.5) is 0 Å². The molecule has 0 atom stereocenters. The lowest BCUT2D eigenvalue weighted by Crippen LogP contribution is -2.22. The Labute approximate surface area is 128 Å². The van der Waals surface area contributed by atoms with Gasteiger partial charge >= 0.3 is 0 Å². The molecule has 0 aliphatic carbocycles. The van der Waals surface area contributed by atoms with Crippen molar-refractivity contribution < 1.29 is 9.59 Å². The molecule has 0 aliphatic heterocycles. The Balaban J connectivity index is 1.81. The molecule has 0 unspecified atom stereocenters. The highest BCUT2D eigenvalue weighted by Crippen LogP contribution is 2.23. The molecule has 5 nitrogen and oxygen atoms in total. The highest BCUT2D eigenvalue weighted by Gasteiger charge is 2.11. The van der Waals surface area contributed by atoms with Gasteiger partial charge in [-0.15, -0.1) is 21.5 Å². The van der Waals surface area contributed by atoms with Crippen LogP contribution in [0, 0.1) is 0 Å². The second-order valence-corrected chi connectivity index (χ2v) is 7.14. The molecule has 20 heavy (non-hydrogen) atoms. The fourth-order valence-electron chi connectivity index (χ4n) is 1.45. The molecule has 2 heterocycles. The number of hydrogen-bond donors (Lipinski definition) is 1. The molecule has 0 saturated heterocycles. The van der Waals surface area contributed by atoms with Gasteiger partial charge in [0.25, 0.3) is 0 Å². The van der Waals surface area contributed by atoms with Gasteiger partial charge in [0.1, 0.15) is 5.51 Å². The van der Waals surface area contributed by atoms with Crippen LogP contribution in [0.1, 0.15) is 21.5 Å². The SMILES string of the molecule is CC(=O)NCCc1ccc(C(=O)CSc2nncs2)s1. The number of carbonyl (C=O) groups excluding carboxylic acids is 2. The minimum absolute atomic E-state index is 0.0358. The molecule has 2 aromatic rings. The van der Waals surface area contributed by atoms with Crippen LogP contribution in [0.3, 0.4) is 0 Å². The van der Waals surface area contributed by atoms with Crippen LogP contribution in [-0.4, -0.2) is 34.2 Å². The minimum Gasteiger partial charge on any atom is -0.356 e. The van der Waals surface area contributed by atoms with Crippen molar-refractivity contribution in [1.82, 2.24) is 15.5 Å². The Bertz CT molecular complexity index is 581. The van der Waals surface area contributed by atoms with Crippen LogP contribution in [0.5, 0.6) is 0 Å². The lowest BCUT2D eigenvalue weighted by molar-refractivity contribution is -0.118. The van der Waals surface area contributed by atoms with Crippen LogP contribution in [-0.2, 0) is 11.2 Å². The summed E-state index contributed by atoms with van der Waals surface area (Å²) in [4.78, 5) is 24.6. The van der Waals surface area contributed by atoms with Crippen molar-refractivity contribution in [2.45, 2.75) is 17.7 Å². The van der Waals surface area contributed by atoms with Crippen molar-refractivity contribution in [2.24, 2.45) is 0 Å². The second kappa shape index (κ2) is 7.51. The van der Waals surface area contributed by atoms with Crippen molar-refractivity contribution in [1.29, 1.82) is 0 Å². The van der Waals surface area contributed by atoms with E-state index in [0.29, 0.717) is 12.3 Å². The Morgan fingerprint density at radius 1 is 1.40 bits per heavy atom. The number of rotatable bonds is 7. The third-order valence-corrected chi connectivity index (χ3v) is 5.39. The van der Waals surface area contributed by atoms with E-state index in [2.05, 4.69) is 15.5 Å². The third kappa shape index (κ3) is 4.69. The lowest BCUT2D eigenvalue weighted by atomic mass is 10.3. The average molecular weight is 327 g/mol. The van der Waals surface area contributed by atoms with Crippen molar-refractivity contribution in [3.05, 3.63) is 27.4 Å². The van der Waals surface area contributed by atoms with E-state index in [1.54, 1.807) is 5.51 Å². The number of hydrogen-bond acceptors (Lipinski definition) is 7. The number of ketones is 1. The van der Waals surface area contributed by atoms with Crippen LogP contribution >= 0.6 is 34.4 Å². The van der Waals surface area contributed by atoms with Gasteiger partial charge in [0, 0.05) is 18.3 Å². The summed E-state index contributed by atoms with van der Waals surface area (Å²) in [5.41, 5.74) is 1.65. The maximum atomic E-state index is 12.0. The molecule has 1 amide bonds.